The predicted octanol–water partition coefficient (Wildman–Crippen LogP) is 4.47. The second-order valence-corrected chi connectivity index (χ2v) is 21.0. The van der Waals surface area contributed by atoms with Crippen molar-refractivity contribution in [2.75, 3.05) is 65.6 Å². The summed E-state index contributed by atoms with van der Waals surface area (Å²) in [4.78, 5) is 32.9. The van der Waals surface area contributed by atoms with E-state index in [-0.39, 0.29) is 81.9 Å². The molecule has 55 heavy (non-hydrogen) atoms. The molecule has 4 saturated heterocycles. The maximum absolute atomic E-state index is 13.2. The van der Waals surface area contributed by atoms with Crippen LogP contribution >= 0.6 is 0 Å². The van der Waals surface area contributed by atoms with Crippen LogP contribution in [0.15, 0.2) is 0 Å². The number of likely N-dealkylation sites (tertiary alicyclic amines) is 1. The van der Waals surface area contributed by atoms with Crippen LogP contribution in [0.3, 0.4) is 0 Å². The van der Waals surface area contributed by atoms with Gasteiger partial charge >= 0.3 is 12.2 Å². The van der Waals surface area contributed by atoms with E-state index in [1.165, 1.54) is 0 Å². The summed E-state index contributed by atoms with van der Waals surface area (Å²) in [6.07, 6.45) is 6.63. The average molecular weight is 770 g/mol. The Morgan fingerprint density at radius 3 is 2.33 bits per heavy atom. The Hall–Kier alpha value is -1.70. The highest BCUT2D eigenvalue weighted by Crippen LogP contribution is 2.87. The minimum Gasteiger partial charge on any atom is -0.446 e. The van der Waals surface area contributed by atoms with E-state index in [0.29, 0.717) is 18.5 Å². The van der Waals surface area contributed by atoms with E-state index in [4.69, 9.17) is 24.7 Å². The van der Waals surface area contributed by atoms with Crippen LogP contribution in [0.5, 0.6) is 0 Å². The zero-order valence-corrected chi connectivity index (χ0v) is 34.6. The fourth-order valence-corrected chi connectivity index (χ4v) is 15.0. The first-order valence-corrected chi connectivity index (χ1v) is 22.2. The number of carbonyl (C=O) groups is 2. The molecule has 0 aromatic rings. The topological polar surface area (TPSA) is 139 Å². The van der Waals surface area contributed by atoms with E-state index in [1.807, 2.05) is 0 Å². The molecule has 5 saturated carbocycles. The first kappa shape index (κ1) is 38.8. The molecule has 2 amide bonds. The van der Waals surface area contributed by atoms with Gasteiger partial charge in [0, 0.05) is 57.8 Å². The third-order valence-electron chi connectivity index (χ3n) is 18.1. The maximum Gasteiger partial charge on any atom is 0.410 e. The minimum absolute atomic E-state index is 0.0969. The van der Waals surface area contributed by atoms with Crippen LogP contribution in [-0.4, -0.2) is 140 Å². The fourth-order valence-electron chi connectivity index (χ4n) is 15.0. The van der Waals surface area contributed by atoms with Crippen LogP contribution < -0.4 is 11.1 Å². The average Bonchev–Trinajstić information content (AvgIpc) is 3.72. The molecule has 4 N–H and O–H groups in total. The van der Waals surface area contributed by atoms with E-state index in [0.717, 1.165) is 117 Å². The monoisotopic (exact) mass is 770 g/mol. The summed E-state index contributed by atoms with van der Waals surface area (Å²) in [6.45, 7) is 22.4. The molecule has 0 radical (unpaired) electrons. The summed E-state index contributed by atoms with van der Waals surface area (Å²) in [5, 5.41) is 15.7. The molecular formula is C43H71N5O7. The Balaban J connectivity index is 0.849. The number of ether oxygens (including phenoxy) is 4. The molecule has 12 nitrogen and oxygen atoms in total. The molecule has 9 fully saturated rings. The molecular weight excluding hydrogens is 699 g/mol. The number of alkyl carbamates (subject to hydrolysis) is 1. The van der Waals surface area contributed by atoms with Gasteiger partial charge in [-0.25, -0.2) is 9.59 Å². The second kappa shape index (κ2) is 13.7. The van der Waals surface area contributed by atoms with Gasteiger partial charge in [-0.1, -0.05) is 41.5 Å². The zero-order valence-electron chi connectivity index (χ0n) is 34.6. The zero-order chi connectivity index (χ0) is 38.7. The number of aliphatic hydroxyl groups is 1. The van der Waals surface area contributed by atoms with Crippen molar-refractivity contribution in [3.63, 3.8) is 0 Å². The number of rotatable bonds is 8. The lowest BCUT2D eigenvalue weighted by Gasteiger charge is -2.63. The predicted molar refractivity (Wildman–Crippen MR) is 207 cm³/mol. The number of amides is 2. The van der Waals surface area contributed by atoms with Gasteiger partial charge in [0.2, 0.25) is 0 Å². The summed E-state index contributed by atoms with van der Waals surface area (Å²) < 4.78 is 24.8. The van der Waals surface area contributed by atoms with Gasteiger partial charge in [-0.05, 0) is 104 Å². The first-order valence-electron chi connectivity index (χ1n) is 22.2. The lowest BCUT2D eigenvalue weighted by molar-refractivity contribution is -0.180. The number of hydrogen-bond acceptors (Lipinski definition) is 10. The first-order chi connectivity index (χ1) is 26.2. The summed E-state index contributed by atoms with van der Waals surface area (Å²) in [5.41, 5.74) is 6.98. The molecule has 4 aliphatic heterocycles. The van der Waals surface area contributed by atoms with Crippen LogP contribution in [0.1, 0.15) is 99.3 Å². The van der Waals surface area contributed by atoms with Gasteiger partial charge in [0.15, 0.2) is 0 Å². The Kier molecular flexibility index (Phi) is 9.65. The number of nitrogens with one attached hydrogen (secondary N) is 1. The van der Waals surface area contributed by atoms with Crippen LogP contribution in [-0.2, 0) is 18.9 Å². The summed E-state index contributed by atoms with van der Waals surface area (Å²) >= 11 is 0. The maximum atomic E-state index is 13.2. The summed E-state index contributed by atoms with van der Waals surface area (Å²) in [7, 11) is 0. The molecule has 0 aromatic heterocycles. The molecule has 310 valence electrons. The van der Waals surface area contributed by atoms with Crippen molar-refractivity contribution in [1.82, 2.24) is 20.0 Å². The quantitative estimate of drug-likeness (QED) is 0.324. The minimum atomic E-state index is -0.777. The number of nitrogens with zero attached hydrogens (tertiary/aromatic N) is 3. The Labute approximate surface area is 329 Å². The fraction of sp³-hybridized carbons (Fsp3) is 0.953. The SMILES string of the molecule is CC(C)C(OC(=O)N1CCC1)C1CC(C)C2C(O1)C(O)C1(N)C3CCC4C(C)(C)C(OC(=O)NCCN5CCN(C6COC6)CC5)CCC45CC35CCC21C. The molecule has 13 atom stereocenters. The van der Waals surface area contributed by atoms with Crippen molar-refractivity contribution in [3.8, 4) is 0 Å². The van der Waals surface area contributed by atoms with Gasteiger partial charge in [-0.2, -0.15) is 0 Å². The van der Waals surface area contributed by atoms with Crippen molar-refractivity contribution in [2.24, 2.45) is 57.0 Å². The number of hydrogen-bond donors (Lipinski definition) is 3. The lowest BCUT2D eigenvalue weighted by Crippen LogP contribution is -2.70. The number of fused-ring (bicyclic) bond motifs is 4. The van der Waals surface area contributed by atoms with E-state index < -0.39 is 11.6 Å². The molecule has 5 aliphatic carbocycles. The number of aliphatic hydroxyl groups excluding tert-OH is 1. The van der Waals surface area contributed by atoms with Gasteiger partial charge in [0.25, 0.3) is 0 Å². The number of nitrogens with two attached hydrogens (primary N) is 1. The van der Waals surface area contributed by atoms with E-state index >= 15 is 0 Å². The molecule has 13 unspecified atom stereocenters. The normalized spacial score (nSPS) is 46.8. The van der Waals surface area contributed by atoms with Crippen molar-refractivity contribution in [3.05, 3.63) is 0 Å². The van der Waals surface area contributed by atoms with Crippen molar-refractivity contribution in [2.45, 2.75) is 141 Å². The number of piperazine rings is 1. The van der Waals surface area contributed by atoms with Crippen molar-refractivity contribution >= 4 is 12.2 Å². The highest BCUT2D eigenvalue weighted by molar-refractivity contribution is 5.68. The van der Waals surface area contributed by atoms with E-state index in [2.05, 4.69) is 56.7 Å². The Morgan fingerprint density at radius 1 is 0.964 bits per heavy atom. The summed E-state index contributed by atoms with van der Waals surface area (Å²) in [6, 6.07) is 0.590. The number of carbonyl (C=O) groups excluding carboxylic acids is 2. The van der Waals surface area contributed by atoms with Crippen molar-refractivity contribution < 1.29 is 33.6 Å². The van der Waals surface area contributed by atoms with Crippen LogP contribution in [0.25, 0.3) is 0 Å². The summed E-state index contributed by atoms with van der Waals surface area (Å²) in [5.74, 6) is 1.20. The van der Waals surface area contributed by atoms with Crippen molar-refractivity contribution in [1.29, 1.82) is 0 Å². The van der Waals surface area contributed by atoms with Crippen LogP contribution in [0, 0.1) is 51.2 Å². The van der Waals surface area contributed by atoms with E-state index in [9.17, 15) is 14.7 Å². The Morgan fingerprint density at radius 2 is 1.67 bits per heavy atom. The van der Waals surface area contributed by atoms with Crippen LogP contribution in [0.2, 0.25) is 0 Å². The third kappa shape index (κ3) is 5.70. The van der Waals surface area contributed by atoms with E-state index in [1.54, 1.807) is 4.90 Å². The van der Waals surface area contributed by atoms with Gasteiger partial charge in [0.05, 0.1) is 43.1 Å². The molecule has 12 heteroatoms. The Bertz CT molecular complexity index is 1480. The molecule has 9 rings (SSSR count). The third-order valence-corrected chi connectivity index (χ3v) is 18.1. The van der Waals surface area contributed by atoms with Gasteiger partial charge in [-0.3, -0.25) is 9.80 Å². The molecule has 0 aromatic carbocycles. The van der Waals surface area contributed by atoms with Gasteiger partial charge < -0.3 is 40.0 Å². The molecule has 9 aliphatic rings. The lowest BCUT2D eigenvalue weighted by atomic mass is 9.43. The van der Waals surface area contributed by atoms with Gasteiger partial charge in [-0.15, -0.1) is 0 Å². The largest absolute Gasteiger partial charge is 0.446 e. The second-order valence-electron chi connectivity index (χ2n) is 21.0. The standard InChI is InChI=1S/C43H71N5O7/c1-26(2)34(55-38(51)48-15-7-16-48)29-22-27(3)33-35(53-29)36(49)43(44)31-9-8-30-39(4,5)32(10-11-41(30)25-42(31,41)13-12-40(33,43)6)54-37(50)45-14-17-46-18-20-47(21-19-46)28-23-52-24-28/h26-36,49H,7-25,44H2,1-6H3,(H,45,50). The smallest absolute Gasteiger partial charge is 0.410 e. The molecule has 0 bridgehead atoms. The highest BCUT2D eigenvalue weighted by Gasteiger charge is 2.85. The molecule has 4 heterocycles. The van der Waals surface area contributed by atoms with Gasteiger partial charge in [0.1, 0.15) is 12.2 Å². The van der Waals surface area contributed by atoms with Crippen LogP contribution in [0.4, 0.5) is 9.59 Å². The highest BCUT2D eigenvalue weighted by atomic mass is 16.6. The molecule has 2 spiro atoms.